The van der Waals surface area contributed by atoms with Gasteiger partial charge in [-0.2, -0.15) is 0 Å². The van der Waals surface area contributed by atoms with E-state index in [0.717, 1.165) is 0 Å². The van der Waals surface area contributed by atoms with Crippen molar-refractivity contribution in [3.05, 3.63) is 0 Å². The van der Waals surface area contributed by atoms with Crippen LogP contribution in [0.25, 0.3) is 0 Å². The van der Waals surface area contributed by atoms with Crippen LogP contribution >= 0.6 is 0 Å². The summed E-state index contributed by atoms with van der Waals surface area (Å²) < 4.78 is 25.1. The lowest BCUT2D eigenvalue weighted by Gasteiger charge is -2.24. The summed E-state index contributed by atoms with van der Waals surface area (Å²) in [6.07, 6.45) is -0.149. The fourth-order valence-corrected chi connectivity index (χ4v) is 2.51. The molecule has 0 fully saturated rings. The molecule has 0 saturated carbocycles. The van der Waals surface area contributed by atoms with Crippen molar-refractivity contribution in [3.8, 4) is 0 Å². The van der Waals surface area contributed by atoms with Gasteiger partial charge in [-0.3, -0.25) is 4.79 Å². The number of sulfonamides is 1. The van der Waals surface area contributed by atoms with Crippen LogP contribution in [0, 0.1) is 0 Å². The van der Waals surface area contributed by atoms with E-state index in [4.69, 9.17) is 10.2 Å². The normalized spacial score (nSPS) is 12.7. The van der Waals surface area contributed by atoms with Gasteiger partial charge in [-0.25, -0.2) is 13.1 Å². The highest BCUT2D eigenvalue weighted by molar-refractivity contribution is 7.89. The molecular weight excluding hydrogens is 222 g/mol. The molecule has 7 heteroatoms. The Labute approximate surface area is 89.4 Å². The fraction of sp³-hybridized carbons (Fsp3) is 0.875. The molecule has 0 spiro atoms. The summed E-state index contributed by atoms with van der Waals surface area (Å²) >= 11 is 0. The van der Waals surface area contributed by atoms with E-state index in [1.807, 2.05) is 0 Å². The van der Waals surface area contributed by atoms with Crippen LogP contribution < -0.4 is 4.72 Å². The number of hydrogen-bond donors (Lipinski definition) is 3. The van der Waals surface area contributed by atoms with Crippen LogP contribution in [0.15, 0.2) is 0 Å². The summed E-state index contributed by atoms with van der Waals surface area (Å²) in [5.41, 5.74) is -0.758. The van der Waals surface area contributed by atoms with Crippen molar-refractivity contribution in [1.29, 1.82) is 0 Å². The second-order valence-corrected chi connectivity index (χ2v) is 5.76. The second kappa shape index (κ2) is 5.43. The Balaban J connectivity index is 4.31. The first-order chi connectivity index (χ1) is 6.68. The van der Waals surface area contributed by atoms with Crippen molar-refractivity contribution in [2.45, 2.75) is 32.2 Å². The van der Waals surface area contributed by atoms with Gasteiger partial charge in [0.1, 0.15) is 0 Å². The minimum atomic E-state index is -3.60. The van der Waals surface area contributed by atoms with E-state index in [-0.39, 0.29) is 13.0 Å². The van der Waals surface area contributed by atoms with Gasteiger partial charge in [-0.15, -0.1) is 0 Å². The summed E-state index contributed by atoms with van der Waals surface area (Å²) in [6.45, 7) is 3.12. The number of nitrogens with one attached hydrogen (secondary N) is 1. The molecule has 0 aromatic heterocycles. The average molecular weight is 239 g/mol. The molecular formula is C8H17NO5S. The third-order valence-electron chi connectivity index (χ3n) is 1.75. The van der Waals surface area contributed by atoms with Gasteiger partial charge in [-0.05, 0) is 20.3 Å². The number of carboxylic acids is 1. The Morgan fingerprint density at radius 3 is 2.33 bits per heavy atom. The van der Waals surface area contributed by atoms with Crippen LogP contribution in [0.2, 0.25) is 0 Å². The first-order valence-corrected chi connectivity index (χ1v) is 6.18. The predicted octanol–water partition coefficient (Wildman–Crippen LogP) is -0.458. The van der Waals surface area contributed by atoms with Crippen LogP contribution in [0.1, 0.15) is 26.7 Å². The molecule has 90 valence electrons. The lowest BCUT2D eigenvalue weighted by atomic mass is 10.0. The molecule has 0 aliphatic carbocycles. The highest BCUT2D eigenvalue weighted by atomic mass is 32.2. The van der Waals surface area contributed by atoms with Gasteiger partial charge in [0, 0.05) is 12.1 Å². The van der Waals surface area contributed by atoms with E-state index in [1.54, 1.807) is 13.8 Å². The van der Waals surface area contributed by atoms with Crippen LogP contribution in [0.5, 0.6) is 0 Å². The molecule has 0 rings (SSSR count). The molecule has 0 radical (unpaired) electrons. The Hall–Kier alpha value is -0.660. The monoisotopic (exact) mass is 239 g/mol. The smallest absolute Gasteiger partial charge is 0.304 e. The number of rotatable bonds is 7. The summed E-state index contributed by atoms with van der Waals surface area (Å²) in [5, 5.41) is 17.0. The van der Waals surface area contributed by atoms with Crippen LogP contribution in [0.3, 0.4) is 0 Å². The van der Waals surface area contributed by atoms with E-state index in [1.165, 1.54) is 0 Å². The minimum absolute atomic E-state index is 0.131. The van der Waals surface area contributed by atoms with Gasteiger partial charge in [0.15, 0.2) is 0 Å². The minimum Gasteiger partial charge on any atom is -0.481 e. The lowest BCUT2D eigenvalue weighted by molar-refractivity contribution is -0.136. The van der Waals surface area contributed by atoms with Gasteiger partial charge in [-0.1, -0.05) is 0 Å². The summed E-state index contributed by atoms with van der Waals surface area (Å²) in [5.74, 6) is -1.60. The molecule has 0 bridgehead atoms. The van der Waals surface area contributed by atoms with Crippen molar-refractivity contribution in [3.63, 3.8) is 0 Å². The molecule has 0 unspecified atom stereocenters. The Morgan fingerprint density at radius 2 is 1.93 bits per heavy atom. The zero-order valence-corrected chi connectivity index (χ0v) is 9.67. The lowest BCUT2D eigenvalue weighted by Crippen LogP contribution is -2.45. The number of carboxylic acid groups (broad SMARTS) is 1. The summed E-state index contributed by atoms with van der Waals surface area (Å²) in [6, 6.07) is 0. The number of aliphatic hydroxyl groups is 1. The van der Waals surface area contributed by atoms with Crippen molar-refractivity contribution in [2.75, 3.05) is 12.4 Å². The quantitative estimate of drug-likeness (QED) is 0.558. The zero-order chi connectivity index (χ0) is 12.1. The number of aliphatic hydroxyl groups excluding tert-OH is 1. The standard InChI is InChI=1S/C8H17NO5S/c1-8(2,4-5-10)9-15(13,14)6-3-7(11)12/h9-10H,3-6H2,1-2H3,(H,11,12). The molecule has 0 saturated heterocycles. The Kier molecular flexibility index (Phi) is 5.19. The van der Waals surface area contributed by atoms with Gasteiger partial charge < -0.3 is 10.2 Å². The van der Waals surface area contributed by atoms with E-state index < -0.39 is 33.7 Å². The molecule has 3 N–H and O–H groups in total. The third-order valence-corrected chi connectivity index (χ3v) is 3.36. The molecule has 0 aromatic carbocycles. The van der Waals surface area contributed by atoms with Gasteiger partial charge in [0.2, 0.25) is 10.0 Å². The maximum absolute atomic E-state index is 11.4. The first kappa shape index (κ1) is 14.3. The maximum Gasteiger partial charge on any atom is 0.304 e. The SMILES string of the molecule is CC(C)(CCO)NS(=O)(=O)CCC(=O)O. The van der Waals surface area contributed by atoms with Crippen LogP contribution in [-0.2, 0) is 14.8 Å². The fourth-order valence-electron chi connectivity index (χ4n) is 1.02. The molecule has 0 heterocycles. The number of hydrogen-bond acceptors (Lipinski definition) is 4. The molecule has 6 nitrogen and oxygen atoms in total. The first-order valence-electron chi connectivity index (χ1n) is 4.53. The average Bonchev–Trinajstić information content (AvgIpc) is 1.98. The van der Waals surface area contributed by atoms with E-state index in [2.05, 4.69) is 4.72 Å². The van der Waals surface area contributed by atoms with E-state index >= 15 is 0 Å². The van der Waals surface area contributed by atoms with Crippen molar-refractivity contribution >= 4 is 16.0 Å². The van der Waals surface area contributed by atoms with E-state index in [9.17, 15) is 13.2 Å². The number of carbonyl (C=O) groups is 1. The largest absolute Gasteiger partial charge is 0.481 e. The third kappa shape index (κ3) is 7.29. The van der Waals surface area contributed by atoms with Gasteiger partial charge >= 0.3 is 5.97 Å². The molecule has 0 aliphatic rings. The molecule has 15 heavy (non-hydrogen) atoms. The van der Waals surface area contributed by atoms with Crippen LogP contribution in [0.4, 0.5) is 0 Å². The molecule has 0 aliphatic heterocycles. The van der Waals surface area contributed by atoms with Crippen molar-refractivity contribution in [1.82, 2.24) is 4.72 Å². The van der Waals surface area contributed by atoms with Crippen molar-refractivity contribution < 1.29 is 23.4 Å². The van der Waals surface area contributed by atoms with E-state index in [0.29, 0.717) is 0 Å². The number of aliphatic carboxylic acids is 1. The van der Waals surface area contributed by atoms with Gasteiger partial charge in [0.25, 0.3) is 0 Å². The highest BCUT2D eigenvalue weighted by Gasteiger charge is 2.24. The van der Waals surface area contributed by atoms with Crippen molar-refractivity contribution in [2.24, 2.45) is 0 Å². The zero-order valence-electron chi connectivity index (χ0n) is 8.86. The van der Waals surface area contributed by atoms with Gasteiger partial charge in [0.05, 0.1) is 12.2 Å². The maximum atomic E-state index is 11.4. The summed E-state index contributed by atoms with van der Waals surface area (Å²) in [4.78, 5) is 10.2. The molecule has 0 amide bonds. The highest BCUT2D eigenvalue weighted by Crippen LogP contribution is 2.09. The molecule has 0 atom stereocenters. The topological polar surface area (TPSA) is 104 Å². The molecule has 0 aromatic rings. The Morgan fingerprint density at radius 1 is 1.40 bits per heavy atom. The predicted molar refractivity (Wildman–Crippen MR) is 55.0 cm³/mol. The summed E-state index contributed by atoms with van der Waals surface area (Å²) in [7, 11) is -3.60. The second-order valence-electron chi connectivity index (χ2n) is 3.92. The Bertz CT molecular complexity index is 309. The van der Waals surface area contributed by atoms with Crippen LogP contribution in [-0.4, -0.2) is 42.5 Å².